The van der Waals surface area contributed by atoms with Crippen molar-refractivity contribution in [3.63, 3.8) is 0 Å². The Hall–Kier alpha value is -2.26. The van der Waals surface area contributed by atoms with E-state index in [0.29, 0.717) is 41.6 Å². The Morgan fingerprint density at radius 2 is 1.41 bits per heavy atom. The van der Waals surface area contributed by atoms with Crippen LogP contribution in [0.5, 0.6) is 0 Å². The van der Waals surface area contributed by atoms with Gasteiger partial charge in [0.25, 0.3) is 0 Å². The molecule has 232 valence electrons. The number of rotatable bonds is 3. The smallest absolute Gasteiger partial charge is 0.132 e. The van der Waals surface area contributed by atoms with Crippen molar-refractivity contribution >= 4 is 5.57 Å². The van der Waals surface area contributed by atoms with Gasteiger partial charge in [-0.25, -0.2) is 9.97 Å². The van der Waals surface area contributed by atoms with E-state index in [1.54, 1.807) is 0 Å². The summed E-state index contributed by atoms with van der Waals surface area (Å²) < 4.78 is 7.44. The van der Waals surface area contributed by atoms with E-state index in [2.05, 4.69) is 60.8 Å². The van der Waals surface area contributed by atoms with Gasteiger partial charge < -0.3 is 4.74 Å². The Balaban J connectivity index is 1.17. The van der Waals surface area contributed by atoms with Gasteiger partial charge in [0.05, 0.1) is 17.9 Å². The van der Waals surface area contributed by atoms with Crippen molar-refractivity contribution in [3.8, 4) is 0 Å². The van der Waals surface area contributed by atoms with E-state index in [1.165, 1.54) is 113 Å². The highest BCUT2D eigenvalue weighted by molar-refractivity contribution is 5.71. The molecule has 7 aliphatic carbocycles. The first-order valence-electron chi connectivity index (χ1n) is 18.7. The average Bonchev–Trinajstić information content (AvgIpc) is 3.40. The second kappa shape index (κ2) is 11.5. The predicted octanol–water partition coefficient (Wildman–Crippen LogP) is 10.0. The summed E-state index contributed by atoms with van der Waals surface area (Å²) in [5.74, 6) is 6.23. The first-order valence-corrected chi connectivity index (χ1v) is 18.7. The van der Waals surface area contributed by atoms with Gasteiger partial charge in [0.15, 0.2) is 0 Å². The Morgan fingerprint density at radius 1 is 0.659 bits per heavy atom. The molecular weight excluding hydrogens is 536 g/mol. The Kier molecular flexibility index (Phi) is 7.33. The van der Waals surface area contributed by atoms with Gasteiger partial charge in [-0.3, -0.25) is 0 Å². The largest absolute Gasteiger partial charge is 0.369 e. The summed E-state index contributed by atoms with van der Waals surface area (Å²) in [4.78, 5) is 10.9. The minimum atomic E-state index is 0.0950. The molecule has 8 aliphatic rings. The number of ether oxygens (including phenoxy) is 1. The molecule has 3 heteroatoms. The fourth-order valence-electron chi connectivity index (χ4n) is 12.1. The van der Waals surface area contributed by atoms with Crippen LogP contribution in [0.15, 0.2) is 60.8 Å². The van der Waals surface area contributed by atoms with Gasteiger partial charge in [-0.2, -0.15) is 0 Å². The summed E-state index contributed by atoms with van der Waals surface area (Å²) in [6, 6.07) is 2.41. The molecule has 4 fully saturated rings. The molecular formula is C41H52N2O. The van der Waals surface area contributed by atoms with Crippen LogP contribution in [-0.2, 0) is 4.74 Å². The van der Waals surface area contributed by atoms with E-state index in [1.807, 2.05) is 0 Å². The predicted molar refractivity (Wildman–Crippen MR) is 178 cm³/mol. The third kappa shape index (κ3) is 4.38. The lowest BCUT2D eigenvalue weighted by molar-refractivity contribution is -0.190. The minimum Gasteiger partial charge on any atom is -0.369 e. The van der Waals surface area contributed by atoms with Crippen molar-refractivity contribution in [3.05, 3.63) is 78.0 Å². The van der Waals surface area contributed by atoms with E-state index in [-0.39, 0.29) is 11.5 Å². The van der Waals surface area contributed by atoms with Crippen molar-refractivity contribution in [1.29, 1.82) is 0 Å². The highest BCUT2D eigenvalue weighted by atomic mass is 16.5. The molecule has 1 saturated heterocycles. The molecule has 1 spiro atoms. The van der Waals surface area contributed by atoms with Crippen LogP contribution >= 0.6 is 0 Å². The first-order chi connectivity index (χ1) is 21.8. The molecule has 1 aromatic rings. The molecule has 2 heterocycles. The van der Waals surface area contributed by atoms with Gasteiger partial charge in [-0.15, -0.1) is 0 Å². The maximum atomic E-state index is 7.44. The van der Waals surface area contributed by atoms with Crippen LogP contribution in [0.4, 0.5) is 0 Å². The van der Waals surface area contributed by atoms with E-state index < -0.39 is 0 Å². The molecule has 0 radical (unpaired) electrons. The molecule has 3 saturated carbocycles. The van der Waals surface area contributed by atoms with Crippen LogP contribution < -0.4 is 0 Å². The molecule has 44 heavy (non-hydrogen) atoms. The highest BCUT2D eigenvalue weighted by Crippen LogP contribution is 2.71. The monoisotopic (exact) mass is 588 g/mol. The molecule has 0 bridgehead atoms. The van der Waals surface area contributed by atoms with E-state index in [0.717, 1.165) is 24.1 Å². The molecule has 0 aromatic carbocycles. The van der Waals surface area contributed by atoms with Crippen LogP contribution in [0.2, 0.25) is 0 Å². The van der Waals surface area contributed by atoms with Crippen molar-refractivity contribution in [2.75, 3.05) is 0 Å². The van der Waals surface area contributed by atoms with E-state index in [9.17, 15) is 0 Å². The lowest BCUT2D eigenvalue weighted by atomic mass is 9.48. The maximum absolute atomic E-state index is 7.44. The quantitative estimate of drug-likeness (QED) is 0.330. The molecule has 9 unspecified atom stereocenters. The molecule has 0 amide bonds. The molecule has 9 rings (SSSR count). The summed E-state index contributed by atoms with van der Waals surface area (Å²) in [5.41, 5.74) is 4.08. The average molecular weight is 589 g/mol. The normalized spacial score (nSPS) is 42.8. The fraction of sp³-hybridized carbons (Fsp3) is 0.659. The third-order valence-corrected chi connectivity index (χ3v) is 13.8. The number of aromatic nitrogens is 2. The Bertz CT molecular complexity index is 1360. The summed E-state index contributed by atoms with van der Waals surface area (Å²) in [5, 5.41) is 0. The summed E-state index contributed by atoms with van der Waals surface area (Å²) in [7, 11) is 0. The molecule has 1 aromatic heterocycles. The Labute approximate surface area is 265 Å². The molecule has 0 N–H and O–H groups in total. The maximum Gasteiger partial charge on any atom is 0.132 e. The van der Waals surface area contributed by atoms with Crippen LogP contribution in [0, 0.1) is 40.9 Å². The minimum absolute atomic E-state index is 0.0950. The van der Waals surface area contributed by atoms with Crippen LogP contribution in [0.3, 0.4) is 0 Å². The number of fused-ring (bicyclic) bond motifs is 9. The van der Waals surface area contributed by atoms with Gasteiger partial charge in [0.2, 0.25) is 0 Å². The summed E-state index contributed by atoms with van der Waals surface area (Å²) >= 11 is 0. The zero-order chi connectivity index (χ0) is 29.1. The summed E-state index contributed by atoms with van der Waals surface area (Å²) in [6.45, 7) is 0. The topological polar surface area (TPSA) is 35.0 Å². The van der Waals surface area contributed by atoms with Gasteiger partial charge in [-0.05, 0) is 112 Å². The zero-order valence-corrected chi connectivity index (χ0v) is 26.7. The number of nitrogens with zero attached hydrogens (tertiary/aromatic N) is 2. The number of allylic oxidation sites excluding steroid dienone is 8. The summed E-state index contributed by atoms with van der Waals surface area (Å²) in [6.07, 6.45) is 43.7. The highest BCUT2D eigenvalue weighted by Gasteiger charge is 2.69. The Morgan fingerprint density at radius 3 is 2.18 bits per heavy atom. The van der Waals surface area contributed by atoms with E-state index in [4.69, 9.17) is 14.7 Å². The number of hydrogen-bond donors (Lipinski definition) is 0. The van der Waals surface area contributed by atoms with Crippen molar-refractivity contribution in [2.24, 2.45) is 40.9 Å². The number of hydrogen-bond acceptors (Lipinski definition) is 3. The first kappa shape index (κ1) is 28.0. The second-order valence-electron chi connectivity index (χ2n) is 15.8. The van der Waals surface area contributed by atoms with Gasteiger partial charge in [0, 0.05) is 29.0 Å². The third-order valence-electron chi connectivity index (χ3n) is 13.8. The molecule has 9 atom stereocenters. The van der Waals surface area contributed by atoms with E-state index >= 15 is 0 Å². The second-order valence-corrected chi connectivity index (χ2v) is 15.8. The van der Waals surface area contributed by atoms with Crippen LogP contribution in [-0.4, -0.2) is 22.2 Å². The van der Waals surface area contributed by atoms with Crippen LogP contribution in [0.1, 0.15) is 132 Å². The van der Waals surface area contributed by atoms with Crippen LogP contribution in [0.25, 0.3) is 5.57 Å². The van der Waals surface area contributed by atoms with Gasteiger partial charge in [-0.1, -0.05) is 86.8 Å². The zero-order valence-electron chi connectivity index (χ0n) is 26.7. The van der Waals surface area contributed by atoms with Crippen molar-refractivity contribution < 1.29 is 4.74 Å². The molecule has 1 aliphatic heterocycles. The van der Waals surface area contributed by atoms with Crippen molar-refractivity contribution in [2.45, 2.75) is 127 Å². The lowest BCUT2D eigenvalue weighted by Gasteiger charge is -2.61. The van der Waals surface area contributed by atoms with Crippen molar-refractivity contribution in [1.82, 2.24) is 9.97 Å². The fourth-order valence-corrected chi connectivity index (χ4v) is 12.1. The lowest BCUT2D eigenvalue weighted by Crippen LogP contribution is -2.60. The van der Waals surface area contributed by atoms with Gasteiger partial charge in [0.1, 0.15) is 5.82 Å². The SMILES string of the molecule is C1=CC2C(OC3CCCCC3C23C2C=CCCC2C2CCC=CC23)C(c2cc(C3CC=CCC3)nc(C3CCCCC3)n2)=C1. The van der Waals surface area contributed by atoms with Gasteiger partial charge >= 0.3 is 0 Å². The molecule has 3 nitrogen and oxygen atoms in total. The standard InChI is InChI=1S/C41H52N2O/c1-3-14-27(15-4-1)36-26-37(43-40(42-36)28-16-5-2-6-17-28)31-20-13-24-35-39(31)44-38-25-12-11-23-34(38)41(35)32-21-9-7-18-29(32)30-19-8-10-22-33(30)41/h1,3,9-10,13,20-22,24,26-30,32-35,38-39H,2,4-8,11-12,14-19,23,25H2.